The van der Waals surface area contributed by atoms with Gasteiger partial charge in [-0.3, -0.25) is 4.99 Å². The number of hydrogen-bond donors (Lipinski definition) is 1. The van der Waals surface area contributed by atoms with Crippen LogP contribution in [0.2, 0.25) is 0 Å². The number of hydrogen-bond acceptors (Lipinski definition) is 2. The van der Waals surface area contributed by atoms with E-state index in [1.165, 1.54) is 12.3 Å². The van der Waals surface area contributed by atoms with Gasteiger partial charge in [0.15, 0.2) is 11.6 Å². The van der Waals surface area contributed by atoms with E-state index in [4.69, 9.17) is 0 Å². The van der Waals surface area contributed by atoms with Crippen molar-refractivity contribution >= 4 is 24.5 Å². The van der Waals surface area contributed by atoms with Crippen molar-refractivity contribution in [2.75, 3.05) is 0 Å². The van der Waals surface area contributed by atoms with Gasteiger partial charge in [0.2, 0.25) is 0 Å². The fraction of sp³-hybridized carbons (Fsp3) is 0. The molecule has 0 saturated heterocycles. The van der Waals surface area contributed by atoms with E-state index in [0.29, 0.717) is 11.3 Å². The summed E-state index contributed by atoms with van der Waals surface area (Å²) in [7, 11) is 0. The first-order valence-electron chi connectivity index (χ1n) is 4.94. The predicted octanol–water partition coefficient (Wildman–Crippen LogP) is 4.00. The van der Waals surface area contributed by atoms with E-state index in [0.717, 1.165) is 17.0 Å². The molecule has 0 spiro atoms. The second kappa shape index (κ2) is 5.10. The van der Waals surface area contributed by atoms with Crippen molar-refractivity contribution in [1.82, 2.24) is 0 Å². The maximum absolute atomic E-state index is 12.9. The molecule has 0 atom stereocenters. The highest BCUT2D eigenvalue weighted by Crippen LogP contribution is 2.21. The molecule has 1 nitrogen and oxygen atoms in total. The van der Waals surface area contributed by atoms with Crippen LogP contribution in [0.1, 0.15) is 5.56 Å². The van der Waals surface area contributed by atoms with Gasteiger partial charge in [0, 0.05) is 11.1 Å². The average molecular weight is 249 g/mol. The molecule has 4 heteroatoms. The van der Waals surface area contributed by atoms with Gasteiger partial charge in [0.05, 0.1) is 5.69 Å². The predicted molar refractivity (Wildman–Crippen MR) is 67.3 cm³/mol. The molecule has 0 N–H and O–H groups in total. The minimum atomic E-state index is -0.881. The molecule has 0 bridgehead atoms. The van der Waals surface area contributed by atoms with Crippen molar-refractivity contribution < 1.29 is 8.78 Å². The Kier molecular flexibility index (Phi) is 3.54. The van der Waals surface area contributed by atoms with Crippen LogP contribution in [0.25, 0.3) is 0 Å². The molecule has 2 aromatic rings. The Morgan fingerprint density at radius 1 is 1.00 bits per heavy atom. The normalized spacial score (nSPS) is 11.0. The van der Waals surface area contributed by atoms with E-state index in [2.05, 4.69) is 17.6 Å². The summed E-state index contributed by atoms with van der Waals surface area (Å²) in [4.78, 5) is 4.88. The molecular formula is C13H9F2NS. The van der Waals surface area contributed by atoms with Gasteiger partial charge in [-0.2, -0.15) is 0 Å². The number of para-hydroxylation sites is 1. The van der Waals surface area contributed by atoms with Gasteiger partial charge in [-0.25, -0.2) is 8.78 Å². The van der Waals surface area contributed by atoms with Gasteiger partial charge >= 0.3 is 0 Å². The highest BCUT2D eigenvalue weighted by Gasteiger charge is 2.00. The minimum Gasteiger partial charge on any atom is -0.255 e. The highest BCUT2D eigenvalue weighted by molar-refractivity contribution is 7.80. The zero-order valence-electron chi connectivity index (χ0n) is 8.77. The summed E-state index contributed by atoms with van der Waals surface area (Å²) in [5.41, 5.74) is 1.18. The molecule has 0 saturated carbocycles. The van der Waals surface area contributed by atoms with Gasteiger partial charge < -0.3 is 0 Å². The van der Waals surface area contributed by atoms with E-state index < -0.39 is 11.6 Å². The third-order valence-electron chi connectivity index (χ3n) is 2.18. The van der Waals surface area contributed by atoms with Crippen LogP contribution in [0.4, 0.5) is 14.5 Å². The number of halogens is 2. The number of rotatable bonds is 2. The number of benzene rings is 2. The molecule has 0 heterocycles. The average Bonchev–Trinajstić information content (AvgIpc) is 2.32. The Balaban J connectivity index is 2.26. The van der Waals surface area contributed by atoms with Crippen molar-refractivity contribution in [1.29, 1.82) is 0 Å². The molecule has 2 aromatic carbocycles. The van der Waals surface area contributed by atoms with Crippen LogP contribution >= 0.6 is 12.6 Å². The lowest BCUT2D eigenvalue weighted by atomic mass is 10.2. The summed E-state index contributed by atoms with van der Waals surface area (Å²) in [6.07, 6.45) is 1.47. The molecule has 0 aliphatic carbocycles. The lowest BCUT2D eigenvalue weighted by molar-refractivity contribution is 0.508. The van der Waals surface area contributed by atoms with Crippen LogP contribution in [0, 0.1) is 11.6 Å². The second-order valence-corrected chi connectivity index (χ2v) is 3.90. The largest absolute Gasteiger partial charge is 0.255 e. The topological polar surface area (TPSA) is 12.4 Å². The third kappa shape index (κ3) is 2.91. The molecule has 0 fully saturated rings. The van der Waals surface area contributed by atoms with Gasteiger partial charge in [0.25, 0.3) is 0 Å². The number of nitrogens with zero attached hydrogens (tertiary/aromatic N) is 1. The number of thiol groups is 1. The van der Waals surface area contributed by atoms with Crippen molar-refractivity contribution in [3.05, 3.63) is 59.7 Å². The molecular weight excluding hydrogens is 240 g/mol. The van der Waals surface area contributed by atoms with Crippen molar-refractivity contribution in [2.24, 2.45) is 4.99 Å². The van der Waals surface area contributed by atoms with Crippen molar-refractivity contribution in [3.8, 4) is 0 Å². The Hall–Kier alpha value is -1.68. The van der Waals surface area contributed by atoms with E-state index in [1.807, 2.05) is 12.1 Å². The Bertz CT molecular complexity index is 567. The minimum absolute atomic E-state index is 0.500. The fourth-order valence-electron chi connectivity index (χ4n) is 1.31. The standard InChI is InChI=1S/C13H9F2NS/c14-10-6-5-9(7-11(10)15)8-16-12-3-1-2-4-13(12)17/h1-8,17H. The first kappa shape index (κ1) is 11.8. The van der Waals surface area contributed by atoms with Crippen LogP contribution < -0.4 is 0 Å². The fourth-order valence-corrected chi connectivity index (χ4v) is 1.53. The summed E-state index contributed by atoms with van der Waals surface area (Å²) in [5.74, 6) is -1.75. The van der Waals surface area contributed by atoms with E-state index in [-0.39, 0.29) is 0 Å². The van der Waals surface area contributed by atoms with Crippen molar-refractivity contribution in [2.45, 2.75) is 4.90 Å². The molecule has 0 aliphatic rings. The molecule has 0 amide bonds. The molecule has 86 valence electrons. The van der Waals surface area contributed by atoms with Crippen LogP contribution in [-0.4, -0.2) is 6.21 Å². The first-order valence-corrected chi connectivity index (χ1v) is 5.38. The zero-order chi connectivity index (χ0) is 12.3. The molecule has 0 unspecified atom stereocenters. The first-order chi connectivity index (χ1) is 8.16. The zero-order valence-corrected chi connectivity index (χ0v) is 9.66. The van der Waals surface area contributed by atoms with E-state index in [1.54, 1.807) is 12.1 Å². The Morgan fingerprint density at radius 3 is 2.47 bits per heavy atom. The molecule has 0 aliphatic heterocycles. The summed E-state index contributed by atoms with van der Waals surface area (Å²) in [5, 5.41) is 0. The monoisotopic (exact) mass is 249 g/mol. The summed E-state index contributed by atoms with van der Waals surface area (Å²) < 4.78 is 25.6. The maximum Gasteiger partial charge on any atom is 0.159 e. The van der Waals surface area contributed by atoms with E-state index in [9.17, 15) is 8.78 Å². The van der Waals surface area contributed by atoms with Gasteiger partial charge in [0.1, 0.15) is 0 Å². The van der Waals surface area contributed by atoms with Crippen LogP contribution in [-0.2, 0) is 0 Å². The number of aliphatic imine (C=N–C) groups is 1. The highest BCUT2D eigenvalue weighted by atomic mass is 32.1. The SMILES string of the molecule is Fc1ccc(C=Nc2ccccc2S)cc1F. The molecule has 0 aromatic heterocycles. The van der Waals surface area contributed by atoms with Gasteiger partial charge in [-0.15, -0.1) is 12.6 Å². The van der Waals surface area contributed by atoms with Crippen LogP contribution in [0.5, 0.6) is 0 Å². The second-order valence-electron chi connectivity index (χ2n) is 3.42. The van der Waals surface area contributed by atoms with Crippen LogP contribution in [0.15, 0.2) is 52.4 Å². The van der Waals surface area contributed by atoms with Gasteiger partial charge in [-0.05, 0) is 29.8 Å². The summed E-state index contributed by atoms with van der Waals surface area (Å²) >= 11 is 4.23. The quantitative estimate of drug-likeness (QED) is 0.610. The van der Waals surface area contributed by atoms with Crippen molar-refractivity contribution in [3.63, 3.8) is 0 Å². The molecule has 0 radical (unpaired) electrons. The smallest absolute Gasteiger partial charge is 0.159 e. The molecule has 2 rings (SSSR count). The summed E-state index contributed by atoms with van der Waals surface area (Å²) in [6, 6.07) is 10.9. The maximum atomic E-state index is 12.9. The lowest BCUT2D eigenvalue weighted by Crippen LogP contribution is -1.87. The Labute approximate surface area is 103 Å². The molecule has 17 heavy (non-hydrogen) atoms. The third-order valence-corrected chi connectivity index (χ3v) is 2.56. The Morgan fingerprint density at radius 2 is 1.76 bits per heavy atom. The van der Waals surface area contributed by atoms with Gasteiger partial charge in [-0.1, -0.05) is 18.2 Å². The lowest BCUT2D eigenvalue weighted by Gasteiger charge is -1.98. The summed E-state index contributed by atoms with van der Waals surface area (Å²) in [6.45, 7) is 0. The van der Waals surface area contributed by atoms with E-state index >= 15 is 0 Å². The van der Waals surface area contributed by atoms with Crippen LogP contribution in [0.3, 0.4) is 0 Å².